The van der Waals surface area contributed by atoms with E-state index >= 15 is 0 Å². The summed E-state index contributed by atoms with van der Waals surface area (Å²) >= 11 is 0. The Morgan fingerprint density at radius 3 is 2.38 bits per heavy atom. The lowest BCUT2D eigenvalue weighted by Gasteiger charge is -2.07. The maximum atomic E-state index is 11.8. The molecule has 2 rings (SSSR count). The quantitative estimate of drug-likeness (QED) is 0.765. The van der Waals surface area contributed by atoms with Crippen molar-refractivity contribution in [3.8, 4) is 0 Å². The average Bonchev–Trinajstić information content (AvgIpc) is 2.87. The molecule has 9 heteroatoms. The highest BCUT2D eigenvalue weighted by Gasteiger charge is 2.11. The predicted molar refractivity (Wildman–Crippen MR) is 78.6 cm³/mol. The minimum atomic E-state index is -3.31. The molecular formula is C12H15N5O3S. The molecule has 21 heavy (non-hydrogen) atoms. The van der Waals surface area contributed by atoms with Crippen LogP contribution in [0.2, 0.25) is 0 Å². The van der Waals surface area contributed by atoms with Crippen molar-refractivity contribution < 1.29 is 13.2 Å². The monoisotopic (exact) mass is 309 g/mol. The maximum Gasteiger partial charge on any atom is 0.295 e. The number of benzene rings is 1. The first-order chi connectivity index (χ1) is 9.89. The molecule has 8 nitrogen and oxygen atoms in total. The first-order valence-corrected chi connectivity index (χ1v) is 7.86. The Morgan fingerprint density at radius 2 is 1.86 bits per heavy atom. The first-order valence-electron chi connectivity index (χ1n) is 6.20. The van der Waals surface area contributed by atoms with Crippen LogP contribution in [0, 0.1) is 6.92 Å². The minimum absolute atomic E-state index is 0.00430. The molecule has 0 saturated carbocycles. The largest absolute Gasteiger partial charge is 0.319 e. The van der Waals surface area contributed by atoms with Crippen molar-refractivity contribution in [3.05, 3.63) is 35.9 Å². The van der Waals surface area contributed by atoms with Gasteiger partial charge in [0.2, 0.25) is 15.8 Å². The molecule has 1 heterocycles. The second-order valence-electron chi connectivity index (χ2n) is 4.28. The molecule has 1 aromatic heterocycles. The van der Waals surface area contributed by atoms with E-state index in [2.05, 4.69) is 25.2 Å². The Morgan fingerprint density at radius 1 is 1.24 bits per heavy atom. The first kappa shape index (κ1) is 15.0. The molecule has 0 radical (unpaired) electrons. The number of nitrogens with zero attached hydrogens (tertiary/aromatic N) is 2. The van der Waals surface area contributed by atoms with Gasteiger partial charge in [0.1, 0.15) is 5.82 Å². The molecule has 0 atom stereocenters. The molecule has 0 aliphatic heterocycles. The van der Waals surface area contributed by atoms with Crippen LogP contribution in [0.15, 0.2) is 24.3 Å². The lowest BCUT2D eigenvalue weighted by atomic mass is 10.3. The molecule has 2 aromatic rings. The van der Waals surface area contributed by atoms with Gasteiger partial charge in [-0.25, -0.2) is 13.4 Å². The number of H-pyrrole nitrogens is 1. The average molecular weight is 309 g/mol. The van der Waals surface area contributed by atoms with Crippen LogP contribution in [-0.2, 0) is 10.0 Å². The van der Waals surface area contributed by atoms with E-state index in [4.69, 9.17) is 0 Å². The van der Waals surface area contributed by atoms with E-state index in [1.807, 2.05) is 0 Å². The van der Waals surface area contributed by atoms with Crippen LogP contribution in [0.1, 0.15) is 23.4 Å². The molecule has 1 aromatic carbocycles. The Balaban J connectivity index is 2.04. The highest BCUT2D eigenvalue weighted by atomic mass is 32.2. The van der Waals surface area contributed by atoms with E-state index in [-0.39, 0.29) is 11.6 Å². The van der Waals surface area contributed by atoms with Crippen molar-refractivity contribution in [2.75, 3.05) is 15.8 Å². The van der Waals surface area contributed by atoms with Crippen molar-refractivity contribution in [1.29, 1.82) is 0 Å². The van der Waals surface area contributed by atoms with Crippen LogP contribution in [0.25, 0.3) is 0 Å². The van der Waals surface area contributed by atoms with Crippen LogP contribution in [0.3, 0.4) is 0 Å². The summed E-state index contributed by atoms with van der Waals surface area (Å²) in [5.74, 6) is 0.143. The number of carbonyl (C=O) groups excluding carboxylic acids is 1. The van der Waals surface area contributed by atoms with Crippen LogP contribution in [0.4, 0.5) is 11.4 Å². The van der Waals surface area contributed by atoms with Crippen LogP contribution >= 0.6 is 0 Å². The van der Waals surface area contributed by atoms with Gasteiger partial charge in [-0.1, -0.05) is 0 Å². The van der Waals surface area contributed by atoms with Gasteiger partial charge in [-0.3, -0.25) is 14.6 Å². The number of amides is 1. The van der Waals surface area contributed by atoms with Gasteiger partial charge in [-0.05, 0) is 38.1 Å². The van der Waals surface area contributed by atoms with Crippen LogP contribution in [0.5, 0.6) is 0 Å². The highest BCUT2D eigenvalue weighted by Crippen LogP contribution is 2.15. The summed E-state index contributed by atoms with van der Waals surface area (Å²) in [5, 5.41) is 8.94. The second kappa shape index (κ2) is 5.92. The van der Waals surface area contributed by atoms with E-state index in [9.17, 15) is 13.2 Å². The Labute approximate surface area is 122 Å². The lowest BCUT2D eigenvalue weighted by molar-refractivity contribution is 0.101. The molecule has 0 unspecified atom stereocenters. The van der Waals surface area contributed by atoms with Crippen molar-refractivity contribution in [3.63, 3.8) is 0 Å². The zero-order chi connectivity index (χ0) is 15.5. The zero-order valence-corrected chi connectivity index (χ0v) is 12.4. The molecule has 0 saturated heterocycles. The predicted octanol–water partition coefficient (Wildman–Crippen LogP) is 1.13. The molecule has 0 aliphatic carbocycles. The number of nitrogens with one attached hydrogen (secondary N) is 3. The third-order valence-corrected chi connectivity index (χ3v) is 3.90. The van der Waals surface area contributed by atoms with E-state index in [1.165, 1.54) is 0 Å². The number of aromatic amines is 1. The number of sulfonamides is 1. The summed E-state index contributed by atoms with van der Waals surface area (Å²) < 4.78 is 25.2. The second-order valence-corrected chi connectivity index (χ2v) is 6.29. The zero-order valence-electron chi connectivity index (χ0n) is 11.5. The summed E-state index contributed by atoms with van der Waals surface area (Å²) in [5.41, 5.74) is 0.950. The minimum Gasteiger partial charge on any atom is -0.319 e. The third kappa shape index (κ3) is 4.02. The van der Waals surface area contributed by atoms with Crippen molar-refractivity contribution in [2.24, 2.45) is 0 Å². The van der Waals surface area contributed by atoms with Gasteiger partial charge in [0.05, 0.1) is 5.75 Å². The molecule has 0 aliphatic rings. The van der Waals surface area contributed by atoms with Gasteiger partial charge in [-0.15, -0.1) is 5.10 Å². The molecular weight excluding hydrogens is 294 g/mol. The van der Waals surface area contributed by atoms with E-state index < -0.39 is 15.9 Å². The van der Waals surface area contributed by atoms with Gasteiger partial charge in [0, 0.05) is 11.4 Å². The SMILES string of the molecule is CCS(=O)(=O)Nc1ccc(NC(=O)c2n[nH]c(C)n2)cc1. The van der Waals surface area contributed by atoms with Crippen molar-refractivity contribution in [2.45, 2.75) is 13.8 Å². The topological polar surface area (TPSA) is 117 Å². The summed E-state index contributed by atoms with van der Waals surface area (Å²) in [6.45, 7) is 3.24. The van der Waals surface area contributed by atoms with Crippen LogP contribution < -0.4 is 10.0 Å². The van der Waals surface area contributed by atoms with Crippen molar-refractivity contribution in [1.82, 2.24) is 15.2 Å². The molecule has 0 fully saturated rings. The lowest BCUT2D eigenvalue weighted by Crippen LogP contribution is -2.15. The molecule has 0 spiro atoms. The molecule has 1 amide bonds. The Bertz CT molecular complexity index is 737. The standard InChI is InChI=1S/C12H15N5O3S/c1-3-21(19,20)17-10-6-4-9(5-7-10)14-12(18)11-13-8(2)15-16-11/h4-7,17H,3H2,1-2H3,(H,14,18)(H,13,15,16). The normalized spacial score (nSPS) is 11.1. The fraction of sp³-hybridized carbons (Fsp3) is 0.250. The number of anilines is 2. The van der Waals surface area contributed by atoms with Gasteiger partial charge in [0.25, 0.3) is 5.91 Å². The number of aromatic nitrogens is 3. The molecule has 3 N–H and O–H groups in total. The number of aryl methyl sites for hydroxylation is 1. The summed E-state index contributed by atoms with van der Waals surface area (Å²) in [7, 11) is -3.31. The number of rotatable bonds is 5. The van der Waals surface area contributed by atoms with Gasteiger partial charge < -0.3 is 5.32 Å². The van der Waals surface area contributed by atoms with E-state index in [0.717, 1.165) is 0 Å². The number of hydrogen-bond donors (Lipinski definition) is 3. The van der Waals surface area contributed by atoms with Gasteiger partial charge >= 0.3 is 0 Å². The van der Waals surface area contributed by atoms with Crippen molar-refractivity contribution >= 4 is 27.3 Å². The smallest absolute Gasteiger partial charge is 0.295 e. The number of carbonyl (C=O) groups is 1. The highest BCUT2D eigenvalue weighted by molar-refractivity contribution is 7.92. The summed E-state index contributed by atoms with van der Waals surface area (Å²) in [6, 6.07) is 6.30. The number of hydrogen-bond acceptors (Lipinski definition) is 5. The fourth-order valence-electron chi connectivity index (χ4n) is 1.50. The third-order valence-electron chi connectivity index (χ3n) is 2.60. The van der Waals surface area contributed by atoms with Crippen LogP contribution in [-0.4, -0.2) is 35.3 Å². The van der Waals surface area contributed by atoms with E-state index in [0.29, 0.717) is 17.2 Å². The summed E-state index contributed by atoms with van der Waals surface area (Å²) in [6.07, 6.45) is 0. The molecule has 0 bridgehead atoms. The van der Waals surface area contributed by atoms with Gasteiger partial charge in [-0.2, -0.15) is 0 Å². The molecule has 112 valence electrons. The Kier molecular flexibility index (Phi) is 4.22. The van der Waals surface area contributed by atoms with Gasteiger partial charge in [0.15, 0.2) is 0 Å². The Hall–Kier alpha value is -2.42. The fourth-order valence-corrected chi connectivity index (χ4v) is 2.14. The van der Waals surface area contributed by atoms with E-state index in [1.54, 1.807) is 38.1 Å². The summed E-state index contributed by atoms with van der Waals surface area (Å²) in [4.78, 5) is 15.7. The maximum absolute atomic E-state index is 11.8.